The van der Waals surface area contributed by atoms with Gasteiger partial charge in [-0.25, -0.2) is 4.39 Å². The molecule has 0 aliphatic heterocycles. The Balaban J connectivity index is 1.88. The lowest BCUT2D eigenvalue weighted by molar-refractivity contribution is 0.427. The van der Waals surface area contributed by atoms with Crippen LogP contribution in [-0.2, 0) is 13.0 Å². The fourth-order valence-corrected chi connectivity index (χ4v) is 3.16. The third kappa shape index (κ3) is 2.98. The van der Waals surface area contributed by atoms with Crippen LogP contribution in [0.25, 0.3) is 10.9 Å². The van der Waals surface area contributed by atoms with Crippen molar-refractivity contribution in [3.8, 4) is 6.07 Å². The van der Waals surface area contributed by atoms with Gasteiger partial charge in [-0.1, -0.05) is 31.5 Å². The first-order valence-electron chi connectivity index (χ1n) is 8.14. The van der Waals surface area contributed by atoms with Gasteiger partial charge in [-0.3, -0.25) is 0 Å². The minimum Gasteiger partial charge on any atom is -0.398 e. The monoisotopic (exact) mass is 321 g/mol. The maximum absolute atomic E-state index is 13.9. The molecule has 0 aliphatic rings. The molecule has 0 saturated carbocycles. The van der Waals surface area contributed by atoms with E-state index in [0.717, 1.165) is 29.4 Å². The van der Waals surface area contributed by atoms with Crippen LogP contribution in [0.2, 0.25) is 0 Å². The number of hydrogen-bond acceptors (Lipinski definition) is 2. The van der Waals surface area contributed by atoms with Gasteiger partial charge >= 0.3 is 0 Å². The van der Waals surface area contributed by atoms with E-state index in [-0.39, 0.29) is 5.82 Å². The van der Waals surface area contributed by atoms with Gasteiger partial charge in [0.05, 0.1) is 11.3 Å². The van der Waals surface area contributed by atoms with E-state index < -0.39 is 0 Å². The van der Waals surface area contributed by atoms with Crippen LogP contribution < -0.4 is 5.73 Å². The van der Waals surface area contributed by atoms with Crippen LogP contribution in [0.5, 0.6) is 0 Å². The second kappa shape index (κ2) is 6.76. The quantitative estimate of drug-likeness (QED) is 0.703. The van der Waals surface area contributed by atoms with Crippen LogP contribution in [0.15, 0.2) is 48.7 Å². The van der Waals surface area contributed by atoms with Gasteiger partial charge < -0.3 is 10.3 Å². The maximum atomic E-state index is 13.9. The van der Waals surface area contributed by atoms with E-state index in [4.69, 9.17) is 5.73 Å². The molecule has 2 N–H and O–H groups in total. The summed E-state index contributed by atoms with van der Waals surface area (Å²) in [5, 5.41) is 10.2. The summed E-state index contributed by atoms with van der Waals surface area (Å²) in [4.78, 5) is 0. The van der Waals surface area contributed by atoms with Gasteiger partial charge in [0.2, 0.25) is 0 Å². The average molecular weight is 321 g/mol. The molecule has 0 amide bonds. The van der Waals surface area contributed by atoms with Crippen LogP contribution in [0.1, 0.15) is 24.5 Å². The number of nitrogens with zero attached hydrogens (tertiary/aromatic N) is 2. The summed E-state index contributed by atoms with van der Waals surface area (Å²) in [6.45, 7) is 2.90. The maximum Gasteiger partial charge on any atom is 0.126 e. The Bertz CT molecular complexity index is 905. The highest BCUT2D eigenvalue weighted by Gasteiger charge is 2.14. The first-order chi connectivity index (χ1) is 11.6. The second-order valence-corrected chi connectivity index (χ2v) is 6.11. The Hall–Kier alpha value is -2.80. The Morgan fingerprint density at radius 3 is 2.71 bits per heavy atom. The number of halogens is 1. The third-order valence-electron chi connectivity index (χ3n) is 4.60. The number of benzene rings is 2. The van der Waals surface area contributed by atoms with E-state index in [9.17, 15) is 9.65 Å². The van der Waals surface area contributed by atoms with E-state index in [1.165, 1.54) is 6.07 Å². The summed E-state index contributed by atoms with van der Waals surface area (Å²) in [6, 6.07) is 14.8. The zero-order valence-corrected chi connectivity index (χ0v) is 13.7. The Morgan fingerprint density at radius 1 is 1.21 bits per heavy atom. The van der Waals surface area contributed by atoms with Gasteiger partial charge in [0.25, 0.3) is 0 Å². The lowest BCUT2D eigenvalue weighted by Crippen LogP contribution is -2.13. The van der Waals surface area contributed by atoms with Crippen molar-refractivity contribution in [2.24, 2.45) is 5.92 Å². The standard InChI is InChI=1S/C20H20FN3/c1-2-14(11-15-5-3-4-6-18(15)21)13-24-10-9-16-17(12-22)19(23)7-8-20(16)24/h3-10,14H,2,11,13,23H2,1H3. The molecule has 1 heterocycles. The van der Waals surface area contributed by atoms with Crippen molar-refractivity contribution in [1.29, 1.82) is 5.26 Å². The number of rotatable bonds is 5. The summed E-state index contributed by atoms with van der Waals surface area (Å²) in [5.74, 6) is 0.174. The molecule has 0 bridgehead atoms. The van der Waals surface area contributed by atoms with Crippen molar-refractivity contribution in [1.82, 2.24) is 4.57 Å². The lowest BCUT2D eigenvalue weighted by Gasteiger charge is -2.17. The minimum absolute atomic E-state index is 0.146. The highest BCUT2D eigenvalue weighted by molar-refractivity contribution is 5.90. The van der Waals surface area contributed by atoms with E-state index >= 15 is 0 Å². The van der Waals surface area contributed by atoms with Gasteiger partial charge in [-0.2, -0.15) is 5.26 Å². The fraction of sp³-hybridized carbons (Fsp3) is 0.250. The number of nitrogens with two attached hydrogens (primary N) is 1. The molecule has 122 valence electrons. The van der Waals surface area contributed by atoms with E-state index in [1.54, 1.807) is 12.1 Å². The molecule has 4 heteroatoms. The Morgan fingerprint density at radius 2 is 2.00 bits per heavy atom. The van der Waals surface area contributed by atoms with Crippen LogP contribution in [0, 0.1) is 23.1 Å². The number of nitrogen functional groups attached to an aromatic ring is 1. The molecule has 3 rings (SSSR count). The molecule has 1 aromatic heterocycles. The van der Waals surface area contributed by atoms with Crippen LogP contribution in [-0.4, -0.2) is 4.57 Å². The van der Waals surface area contributed by atoms with Gasteiger partial charge in [0.15, 0.2) is 0 Å². The molecule has 3 aromatic rings. The van der Waals surface area contributed by atoms with Crippen molar-refractivity contribution >= 4 is 16.6 Å². The average Bonchev–Trinajstić information content (AvgIpc) is 2.99. The number of anilines is 1. The molecule has 1 atom stereocenters. The first kappa shape index (κ1) is 16.1. The molecule has 1 unspecified atom stereocenters. The summed E-state index contributed by atoms with van der Waals surface area (Å²) in [5.41, 5.74) is 8.65. The molecule has 0 saturated heterocycles. The van der Waals surface area contributed by atoms with Crippen molar-refractivity contribution < 1.29 is 4.39 Å². The molecule has 3 nitrogen and oxygen atoms in total. The van der Waals surface area contributed by atoms with E-state index in [0.29, 0.717) is 23.6 Å². The normalized spacial score (nSPS) is 12.2. The highest BCUT2D eigenvalue weighted by Crippen LogP contribution is 2.26. The Labute approximate surface area is 141 Å². The van der Waals surface area contributed by atoms with Crippen molar-refractivity contribution in [3.63, 3.8) is 0 Å². The predicted octanol–water partition coefficient (Wildman–Crippen LogP) is 4.50. The van der Waals surface area contributed by atoms with Crippen molar-refractivity contribution in [2.75, 3.05) is 5.73 Å². The largest absolute Gasteiger partial charge is 0.398 e. The van der Waals surface area contributed by atoms with E-state index in [2.05, 4.69) is 17.6 Å². The first-order valence-corrected chi connectivity index (χ1v) is 8.14. The van der Waals surface area contributed by atoms with E-state index in [1.807, 2.05) is 30.5 Å². The van der Waals surface area contributed by atoms with Crippen LogP contribution in [0.3, 0.4) is 0 Å². The SMILES string of the molecule is CCC(Cc1ccccc1F)Cn1ccc2c(C#N)c(N)ccc21. The zero-order valence-electron chi connectivity index (χ0n) is 13.7. The summed E-state index contributed by atoms with van der Waals surface area (Å²) < 4.78 is 16.0. The molecule has 24 heavy (non-hydrogen) atoms. The number of fused-ring (bicyclic) bond motifs is 1. The molecule has 0 fully saturated rings. The lowest BCUT2D eigenvalue weighted by atomic mass is 9.96. The van der Waals surface area contributed by atoms with Crippen LogP contribution >= 0.6 is 0 Å². The molecule has 2 aromatic carbocycles. The third-order valence-corrected chi connectivity index (χ3v) is 4.60. The van der Waals surface area contributed by atoms with Crippen LogP contribution in [0.4, 0.5) is 10.1 Å². The summed E-state index contributed by atoms with van der Waals surface area (Å²) in [7, 11) is 0. The van der Waals surface area contributed by atoms with Gasteiger partial charge in [-0.05, 0) is 42.2 Å². The van der Waals surface area contributed by atoms with Crippen molar-refractivity contribution in [3.05, 3.63) is 65.6 Å². The number of aromatic nitrogens is 1. The van der Waals surface area contributed by atoms with Gasteiger partial charge in [0.1, 0.15) is 11.9 Å². The predicted molar refractivity (Wildman–Crippen MR) is 95.0 cm³/mol. The topological polar surface area (TPSA) is 54.7 Å². The van der Waals surface area contributed by atoms with Gasteiger partial charge in [0, 0.05) is 23.6 Å². The Kier molecular flexibility index (Phi) is 4.52. The molecule has 0 spiro atoms. The number of nitriles is 1. The van der Waals surface area contributed by atoms with Gasteiger partial charge in [-0.15, -0.1) is 0 Å². The smallest absolute Gasteiger partial charge is 0.126 e. The molecule has 0 radical (unpaired) electrons. The van der Waals surface area contributed by atoms with Crippen molar-refractivity contribution in [2.45, 2.75) is 26.3 Å². The molecular weight excluding hydrogens is 301 g/mol. The minimum atomic E-state index is -0.146. The molecule has 0 aliphatic carbocycles. The summed E-state index contributed by atoms with van der Waals surface area (Å²) >= 11 is 0. The number of hydrogen-bond donors (Lipinski definition) is 1. The summed E-state index contributed by atoms with van der Waals surface area (Å²) in [6.07, 6.45) is 3.63. The zero-order chi connectivity index (χ0) is 17.1. The second-order valence-electron chi connectivity index (χ2n) is 6.11. The highest BCUT2D eigenvalue weighted by atomic mass is 19.1. The fourth-order valence-electron chi connectivity index (χ4n) is 3.16. The molecular formula is C20H20FN3.